The maximum Gasteiger partial charge on any atom is 0.0939 e. The van der Waals surface area contributed by atoms with Crippen molar-refractivity contribution < 1.29 is 0 Å². The molecule has 0 N–H and O–H groups in total. The Hall–Kier alpha value is -1.64. The SMILES string of the molecule is C(=NC1CCCCC1)=NC1CCCCC1N=NC1CCCCC1N=C=NC1CCCCC1. The lowest BCUT2D eigenvalue weighted by atomic mass is 9.90. The van der Waals surface area contributed by atoms with E-state index in [2.05, 4.69) is 22.0 Å². The Morgan fingerprint density at radius 1 is 0.344 bits per heavy atom. The van der Waals surface area contributed by atoms with Crippen LogP contribution in [0.15, 0.2) is 30.2 Å². The summed E-state index contributed by atoms with van der Waals surface area (Å²) in [6.07, 6.45) is 21.9. The normalized spacial score (nSPS) is 32.6. The minimum atomic E-state index is 0.181. The van der Waals surface area contributed by atoms with Crippen LogP contribution in [0.1, 0.15) is 116 Å². The first kappa shape index (κ1) is 23.5. The molecule has 0 saturated heterocycles. The highest BCUT2D eigenvalue weighted by molar-refractivity contribution is 5.43. The van der Waals surface area contributed by atoms with Crippen molar-refractivity contribution in [3.8, 4) is 0 Å². The smallest absolute Gasteiger partial charge is 0.0939 e. The van der Waals surface area contributed by atoms with Gasteiger partial charge in [-0.25, -0.2) is 20.0 Å². The molecule has 0 amide bonds. The molecule has 4 rings (SSSR count). The van der Waals surface area contributed by atoms with Gasteiger partial charge in [-0.1, -0.05) is 64.2 Å². The zero-order valence-electron chi connectivity index (χ0n) is 19.9. The number of azo groups is 1. The molecule has 4 saturated carbocycles. The van der Waals surface area contributed by atoms with Gasteiger partial charge in [0.25, 0.3) is 0 Å². The molecule has 0 bridgehead atoms. The average molecular weight is 439 g/mol. The summed E-state index contributed by atoms with van der Waals surface area (Å²) in [4.78, 5) is 18.7. The summed E-state index contributed by atoms with van der Waals surface area (Å²) in [5.41, 5.74) is 0. The summed E-state index contributed by atoms with van der Waals surface area (Å²) in [6.45, 7) is 0. The third kappa shape index (κ3) is 7.46. The molecule has 4 aliphatic carbocycles. The van der Waals surface area contributed by atoms with E-state index in [1.165, 1.54) is 89.9 Å². The van der Waals surface area contributed by atoms with Gasteiger partial charge >= 0.3 is 0 Å². The van der Waals surface area contributed by atoms with E-state index >= 15 is 0 Å². The molecular weight excluding hydrogens is 396 g/mol. The molecule has 0 aromatic rings. The second-order valence-corrected chi connectivity index (χ2v) is 10.4. The van der Waals surface area contributed by atoms with Crippen LogP contribution in [0, 0.1) is 0 Å². The Morgan fingerprint density at radius 2 is 0.688 bits per heavy atom. The van der Waals surface area contributed by atoms with E-state index in [-0.39, 0.29) is 24.2 Å². The highest BCUT2D eigenvalue weighted by Crippen LogP contribution is 2.28. The molecule has 4 fully saturated rings. The summed E-state index contributed by atoms with van der Waals surface area (Å²) >= 11 is 0. The number of rotatable bonds is 6. The molecule has 0 aromatic heterocycles. The molecule has 0 aliphatic heterocycles. The van der Waals surface area contributed by atoms with Crippen LogP contribution in [-0.2, 0) is 0 Å². The van der Waals surface area contributed by atoms with Crippen LogP contribution in [0.4, 0.5) is 0 Å². The molecule has 0 radical (unpaired) electrons. The minimum Gasteiger partial charge on any atom is -0.222 e. The second-order valence-electron chi connectivity index (χ2n) is 10.4. The minimum absolute atomic E-state index is 0.181. The summed E-state index contributed by atoms with van der Waals surface area (Å²) in [6, 6.07) is 7.76. The molecule has 4 atom stereocenters. The van der Waals surface area contributed by atoms with Gasteiger partial charge in [0.2, 0.25) is 0 Å². The Bertz CT molecular complexity index is 646. The first-order chi connectivity index (χ1) is 15.9. The van der Waals surface area contributed by atoms with Crippen LogP contribution in [0.3, 0.4) is 0 Å². The maximum absolute atomic E-state index is 4.83. The Kier molecular flexibility index (Phi) is 9.67. The van der Waals surface area contributed by atoms with Crippen LogP contribution in [0.5, 0.6) is 0 Å². The molecule has 32 heavy (non-hydrogen) atoms. The summed E-state index contributed by atoms with van der Waals surface area (Å²) in [7, 11) is 0. The second kappa shape index (κ2) is 13.2. The number of aliphatic imine (C=N–C) groups is 4. The van der Waals surface area contributed by atoms with Crippen molar-refractivity contribution in [1.29, 1.82) is 0 Å². The van der Waals surface area contributed by atoms with Gasteiger partial charge in [-0.3, -0.25) is 0 Å². The molecule has 6 nitrogen and oxygen atoms in total. The third-order valence-corrected chi connectivity index (χ3v) is 7.83. The monoisotopic (exact) mass is 438 g/mol. The van der Waals surface area contributed by atoms with Crippen LogP contribution in [-0.4, -0.2) is 48.3 Å². The van der Waals surface area contributed by atoms with Gasteiger partial charge in [-0.2, -0.15) is 10.2 Å². The Morgan fingerprint density at radius 3 is 1.09 bits per heavy atom. The first-order valence-electron chi connectivity index (χ1n) is 13.6. The van der Waals surface area contributed by atoms with E-state index in [1.54, 1.807) is 0 Å². The van der Waals surface area contributed by atoms with Crippen molar-refractivity contribution in [2.24, 2.45) is 30.2 Å². The lowest BCUT2D eigenvalue weighted by Gasteiger charge is -2.26. The van der Waals surface area contributed by atoms with Crippen LogP contribution < -0.4 is 0 Å². The summed E-state index contributed by atoms with van der Waals surface area (Å²) in [5.74, 6) is 0. The Balaban J connectivity index is 1.35. The predicted molar refractivity (Wildman–Crippen MR) is 130 cm³/mol. The molecule has 0 aromatic carbocycles. The number of hydrogen-bond acceptors (Lipinski definition) is 6. The highest BCUT2D eigenvalue weighted by atomic mass is 15.2. The first-order valence-corrected chi connectivity index (χ1v) is 13.6. The van der Waals surface area contributed by atoms with Crippen molar-refractivity contribution in [1.82, 2.24) is 0 Å². The van der Waals surface area contributed by atoms with Gasteiger partial charge < -0.3 is 0 Å². The van der Waals surface area contributed by atoms with E-state index in [4.69, 9.17) is 20.2 Å². The largest absolute Gasteiger partial charge is 0.222 e. The van der Waals surface area contributed by atoms with E-state index in [0.717, 1.165) is 25.7 Å². The van der Waals surface area contributed by atoms with E-state index in [1.807, 2.05) is 0 Å². The molecule has 4 unspecified atom stereocenters. The fraction of sp³-hybridized carbons (Fsp3) is 0.923. The fourth-order valence-electron chi connectivity index (χ4n) is 5.72. The van der Waals surface area contributed by atoms with E-state index in [0.29, 0.717) is 12.1 Å². The molecule has 4 aliphatic rings. The predicted octanol–water partition coefficient (Wildman–Crippen LogP) is 7.07. The molecular formula is C26H42N6. The third-order valence-electron chi connectivity index (χ3n) is 7.83. The van der Waals surface area contributed by atoms with Crippen LogP contribution in [0.2, 0.25) is 0 Å². The standard InChI is InChI=1S/C26H42N6/c1-3-11-21(12-4-1)27-19-29-23-15-7-9-17-25(23)31-32-26-18-10-8-16-24(26)30-20-28-22-13-5-2-6-14-22/h21-26H,1-18H2. The average Bonchev–Trinajstić information content (AvgIpc) is 2.85. The Labute approximate surface area is 194 Å². The molecule has 0 spiro atoms. The van der Waals surface area contributed by atoms with Gasteiger partial charge in [-0.05, 0) is 51.4 Å². The van der Waals surface area contributed by atoms with Crippen molar-refractivity contribution in [2.75, 3.05) is 0 Å². The molecule has 176 valence electrons. The van der Waals surface area contributed by atoms with E-state index < -0.39 is 0 Å². The van der Waals surface area contributed by atoms with Gasteiger partial charge in [0.15, 0.2) is 0 Å². The number of hydrogen-bond donors (Lipinski definition) is 0. The zero-order valence-corrected chi connectivity index (χ0v) is 19.9. The van der Waals surface area contributed by atoms with Gasteiger partial charge in [0.1, 0.15) is 0 Å². The van der Waals surface area contributed by atoms with Crippen molar-refractivity contribution in [2.45, 2.75) is 152 Å². The zero-order chi connectivity index (χ0) is 21.8. The lowest BCUT2D eigenvalue weighted by Crippen LogP contribution is -2.29. The summed E-state index contributed by atoms with van der Waals surface area (Å²) in [5, 5.41) is 9.67. The van der Waals surface area contributed by atoms with Crippen LogP contribution >= 0.6 is 0 Å². The van der Waals surface area contributed by atoms with Gasteiger partial charge in [0.05, 0.1) is 48.3 Å². The van der Waals surface area contributed by atoms with Crippen LogP contribution in [0.25, 0.3) is 0 Å². The molecule has 6 heteroatoms. The molecule has 0 heterocycles. The maximum atomic E-state index is 4.83. The lowest BCUT2D eigenvalue weighted by molar-refractivity contribution is 0.342. The van der Waals surface area contributed by atoms with Gasteiger partial charge in [0, 0.05) is 0 Å². The number of nitrogens with zero attached hydrogens (tertiary/aromatic N) is 6. The highest BCUT2D eigenvalue weighted by Gasteiger charge is 2.28. The van der Waals surface area contributed by atoms with Gasteiger partial charge in [-0.15, -0.1) is 0 Å². The van der Waals surface area contributed by atoms with Crippen molar-refractivity contribution in [3.05, 3.63) is 0 Å². The van der Waals surface area contributed by atoms with E-state index in [9.17, 15) is 0 Å². The summed E-state index contributed by atoms with van der Waals surface area (Å²) < 4.78 is 0. The quantitative estimate of drug-likeness (QED) is 0.314. The van der Waals surface area contributed by atoms with Crippen molar-refractivity contribution in [3.63, 3.8) is 0 Å². The van der Waals surface area contributed by atoms with Crippen molar-refractivity contribution >= 4 is 12.0 Å². The fourth-order valence-corrected chi connectivity index (χ4v) is 5.72. The topological polar surface area (TPSA) is 74.2 Å².